The molecule has 6 heteroatoms. The van der Waals surface area contributed by atoms with Gasteiger partial charge in [-0.1, -0.05) is 30.9 Å². The Hall–Kier alpha value is -0.970. The van der Waals surface area contributed by atoms with E-state index in [1.165, 1.54) is 6.42 Å². The maximum atomic E-state index is 12.4. The lowest BCUT2D eigenvalue weighted by atomic mass is 9.71. The van der Waals surface area contributed by atoms with E-state index in [1.807, 2.05) is 6.92 Å². The number of hydrogen-bond acceptors (Lipinski definition) is 3. The molecule has 1 amide bonds. The van der Waals surface area contributed by atoms with E-state index in [0.717, 1.165) is 25.7 Å². The lowest BCUT2D eigenvalue weighted by Crippen LogP contribution is -2.36. The van der Waals surface area contributed by atoms with Gasteiger partial charge in [0.15, 0.2) is 0 Å². The number of benzene rings is 1. The quantitative estimate of drug-likeness (QED) is 0.789. The third-order valence-corrected chi connectivity index (χ3v) is 4.64. The van der Waals surface area contributed by atoms with Crippen molar-refractivity contribution in [2.24, 2.45) is 11.1 Å². The second-order valence-corrected chi connectivity index (χ2v) is 6.50. The average Bonchev–Trinajstić information content (AvgIpc) is 2.51. The molecule has 1 aromatic rings. The zero-order chi connectivity index (χ0) is 16.0. The van der Waals surface area contributed by atoms with Crippen LogP contribution in [0.15, 0.2) is 18.2 Å². The maximum absolute atomic E-state index is 12.4. The Labute approximate surface area is 149 Å². The summed E-state index contributed by atoms with van der Waals surface area (Å²) in [6.07, 6.45) is 6.11. The molecule has 0 saturated heterocycles. The smallest absolute Gasteiger partial charge is 0.225 e. The molecule has 0 bridgehead atoms. The van der Waals surface area contributed by atoms with E-state index in [-0.39, 0.29) is 23.7 Å². The topological polar surface area (TPSA) is 64.3 Å². The van der Waals surface area contributed by atoms with Gasteiger partial charge >= 0.3 is 0 Å². The summed E-state index contributed by atoms with van der Waals surface area (Å²) >= 11 is 5.98. The van der Waals surface area contributed by atoms with Gasteiger partial charge in [-0.3, -0.25) is 4.79 Å². The van der Waals surface area contributed by atoms with Crippen LogP contribution >= 0.6 is 24.0 Å². The highest BCUT2D eigenvalue weighted by atomic mass is 35.5. The van der Waals surface area contributed by atoms with Crippen LogP contribution in [-0.2, 0) is 4.79 Å². The number of rotatable bonds is 6. The number of carbonyl (C=O) groups excluding carboxylic acids is 1. The molecular formula is C17H26Cl2N2O2. The molecule has 1 fully saturated rings. The first-order valence-electron chi connectivity index (χ1n) is 8.01. The summed E-state index contributed by atoms with van der Waals surface area (Å²) in [6, 6.07) is 5.25. The highest BCUT2D eigenvalue weighted by molar-refractivity contribution is 6.30. The minimum absolute atomic E-state index is 0. The number of nitrogens with one attached hydrogen (secondary N) is 1. The summed E-state index contributed by atoms with van der Waals surface area (Å²) < 4.78 is 5.54. The van der Waals surface area contributed by atoms with Gasteiger partial charge in [-0.05, 0) is 43.9 Å². The van der Waals surface area contributed by atoms with Crippen LogP contribution < -0.4 is 15.8 Å². The third kappa shape index (κ3) is 5.55. The van der Waals surface area contributed by atoms with Crippen LogP contribution in [0.2, 0.25) is 5.02 Å². The van der Waals surface area contributed by atoms with Crippen LogP contribution in [-0.4, -0.2) is 19.1 Å². The van der Waals surface area contributed by atoms with Crippen LogP contribution in [0.4, 0.5) is 5.69 Å². The largest absolute Gasteiger partial charge is 0.492 e. The van der Waals surface area contributed by atoms with Gasteiger partial charge in [0.1, 0.15) is 5.75 Å². The number of halogens is 2. The van der Waals surface area contributed by atoms with E-state index < -0.39 is 0 Å². The minimum Gasteiger partial charge on any atom is -0.492 e. The summed E-state index contributed by atoms with van der Waals surface area (Å²) in [6.45, 7) is 2.99. The Balaban J connectivity index is 0.00000264. The van der Waals surface area contributed by atoms with E-state index in [2.05, 4.69) is 5.32 Å². The number of carbonyl (C=O) groups is 1. The van der Waals surface area contributed by atoms with Crippen molar-refractivity contribution >= 4 is 35.6 Å². The first kappa shape index (κ1) is 20.1. The summed E-state index contributed by atoms with van der Waals surface area (Å²) in [7, 11) is 0. The summed E-state index contributed by atoms with van der Waals surface area (Å²) in [5.74, 6) is 0.601. The first-order valence-corrected chi connectivity index (χ1v) is 8.39. The Morgan fingerprint density at radius 3 is 2.65 bits per heavy atom. The fourth-order valence-electron chi connectivity index (χ4n) is 3.16. The number of amides is 1. The zero-order valence-corrected chi connectivity index (χ0v) is 15.1. The molecule has 1 aliphatic rings. The van der Waals surface area contributed by atoms with Crippen molar-refractivity contribution < 1.29 is 9.53 Å². The number of anilines is 1. The third-order valence-electron chi connectivity index (χ3n) is 4.40. The van der Waals surface area contributed by atoms with Gasteiger partial charge in [0.05, 0.1) is 12.3 Å². The molecule has 0 heterocycles. The van der Waals surface area contributed by atoms with Crippen molar-refractivity contribution in [1.29, 1.82) is 0 Å². The van der Waals surface area contributed by atoms with Crippen molar-refractivity contribution in [3.8, 4) is 5.75 Å². The molecule has 3 N–H and O–H groups in total. The molecule has 0 aliphatic heterocycles. The standard InChI is InChI=1S/C17H25ClN2O2.ClH/c1-2-22-15-10-13(18)6-7-14(15)20-16(21)11-17(12-19)8-4-3-5-9-17;/h6-7,10H,2-5,8-9,11-12,19H2,1H3,(H,20,21);1H. The fourth-order valence-corrected chi connectivity index (χ4v) is 3.33. The first-order chi connectivity index (χ1) is 10.6. The van der Waals surface area contributed by atoms with Gasteiger partial charge in [-0.2, -0.15) is 0 Å². The molecule has 1 aromatic carbocycles. The van der Waals surface area contributed by atoms with E-state index in [9.17, 15) is 4.79 Å². The molecule has 0 radical (unpaired) electrons. The Kier molecular flexibility index (Phi) is 8.17. The zero-order valence-electron chi connectivity index (χ0n) is 13.6. The number of ether oxygens (including phenoxy) is 1. The van der Waals surface area contributed by atoms with Crippen LogP contribution in [0.5, 0.6) is 5.75 Å². The molecule has 0 aromatic heterocycles. The monoisotopic (exact) mass is 360 g/mol. The fraction of sp³-hybridized carbons (Fsp3) is 0.588. The average molecular weight is 361 g/mol. The highest BCUT2D eigenvalue weighted by Gasteiger charge is 2.33. The molecule has 0 spiro atoms. The second-order valence-electron chi connectivity index (χ2n) is 6.06. The number of nitrogens with two attached hydrogens (primary N) is 1. The molecule has 0 atom stereocenters. The molecule has 4 nitrogen and oxygen atoms in total. The lowest BCUT2D eigenvalue weighted by molar-refractivity contribution is -0.118. The maximum Gasteiger partial charge on any atom is 0.225 e. The molecule has 0 unspecified atom stereocenters. The van der Waals surface area contributed by atoms with Gasteiger partial charge in [-0.15, -0.1) is 12.4 Å². The predicted molar refractivity (Wildman–Crippen MR) is 97.7 cm³/mol. The summed E-state index contributed by atoms with van der Waals surface area (Å²) in [5, 5.41) is 3.54. The molecule has 1 saturated carbocycles. The summed E-state index contributed by atoms with van der Waals surface area (Å²) in [5.41, 5.74) is 6.58. The Morgan fingerprint density at radius 2 is 2.04 bits per heavy atom. The van der Waals surface area contributed by atoms with E-state index in [4.69, 9.17) is 22.1 Å². The van der Waals surface area contributed by atoms with Crippen LogP contribution in [0.1, 0.15) is 45.4 Å². The molecular weight excluding hydrogens is 335 g/mol. The van der Waals surface area contributed by atoms with Gasteiger partial charge in [0, 0.05) is 17.5 Å². The molecule has 2 rings (SSSR count). The molecule has 1 aliphatic carbocycles. The minimum atomic E-state index is -0.0411. The summed E-state index contributed by atoms with van der Waals surface area (Å²) in [4.78, 5) is 12.4. The van der Waals surface area contributed by atoms with Crippen molar-refractivity contribution in [3.63, 3.8) is 0 Å². The Morgan fingerprint density at radius 1 is 1.35 bits per heavy atom. The van der Waals surface area contributed by atoms with Crippen LogP contribution in [0.3, 0.4) is 0 Å². The van der Waals surface area contributed by atoms with Gasteiger partial charge in [-0.25, -0.2) is 0 Å². The van der Waals surface area contributed by atoms with Crippen LogP contribution in [0.25, 0.3) is 0 Å². The van der Waals surface area contributed by atoms with Gasteiger partial charge in [0.25, 0.3) is 0 Å². The highest BCUT2D eigenvalue weighted by Crippen LogP contribution is 2.39. The second kappa shape index (κ2) is 9.36. The number of hydrogen-bond donors (Lipinski definition) is 2. The van der Waals surface area contributed by atoms with Crippen molar-refractivity contribution in [3.05, 3.63) is 23.2 Å². The lowest BCUT2D eigenvalue weighted by Gasteiger charge is -2.35. The van der Waals surface area contributed by atoms with Crippen molar-refractivity contribution in [2.45, 2.75) is 45.4 Å². The van der Waals surface area contributed by atoms with Crippen LogP contribution in [0, 0.1) is 5.41 Å². The van der Waals surface area contributed by atoms with E-state index in [0.29, 0.717) is 36.0 Å². The van der Waals surface area contributed by atoms with Gasteiger partial charge < -0.3 is 15.8 Å². The normalized spacial score (nSPS) is 16.3. The predicted octanol–water partition coefficient (Wildman–Crippen LogP) is 4.40. The Bertz CT molecular complexity index is 517. The molecule has 23 heavy (non-hydrogen) atoms. The van der Waals surface area contributed by atoms with Crippen molar-refractivity contribution in [1.82, 2.24) is 0 Å². The van der Waals surface area contributed by atoms with E-state index in [1.54, 1.807) is 18.2 Å². The van der Waals surface area contributed by atoms with Crippen molar-refractivity contribution in [2.75, 3.05) is 18.5 Å². The molecule has 130 valence electrons. The SMILES string of the molecule is CCOc1cc(Cl)ccc1NC(=O)CC1(CN)CCCCC1.Cl. The van der Waals surface area contributed by atoms with E-state index >= 15 is 0 Å². The van der Waals surface area contributed by atoms with Gasteiger partial charge in [0.2, 0.25) is 5.91 Å².